The van der Waals surface area contributed by atoms with Crippen LogP contribution in [0.1, 0.15) is 25.0 Å². The molecule has 0 spiro atoms. The SMILES string of the molecule is CC1(C)c2cc(-c3ccc4oc5ccccc5c4c3)ccc2-c2ccc(N(c3ccc(-c4ccccc4)cc3)c3ccc(-c4cc(-c5ccccc5)cc(-c5ccccc5)c4)cc3)cc21. The van der Waals surface area contributed by atoms with E-state index in [4.69, 9.17) is 4.42 Å². The summed E-state index contributed by atoms with van der Waals surface area (Å²) in [6.07, 6.45) is 0. The number of para-hydroxylation sites is 1. The van der Waals surface area contributed by atoms with Crippen LogP contribution in [0.2, 0.25) is 0 Å². The van der Waals surface area contributed by atoms with Gasteiger partial charge in [-0.3, -0.25) is 0 Å². The van der Waals surface area contributed by atoms with Crippen molar-refractivity contribution in [3.05, 3.63) is 248 Å². The molecule has 0 bridgehead atoms. The maximum Gasteiger partial charge on any atom is 0.135 e. The molecule has 2 nitrogen and oxygen atoms in total. The van der Waals surface area contributed by atoms with E-state index in [1.54, 1.807) is 0 Å². The van der Waals surface area contributed by atoms with Gasteiger partial charge in [0.25, 0.3) is 0 Å². The molecule has 10 aromatic carbocycles. The minimum atomic E-state index is -0.226. The highest BCUT2D eigenvalue weighted by Crippen LogP contribution is 2.52. The van der Waals surface area contributed by atoms with Gasteiger partial charge in [0.05, 0.1) is 0 Å². The molecule has 308 valence electrons. The van der Waals surface area contributed by atoms with Gasteiger partial charge in [0.2, 0.25) is 0 Å². The van der Waals surface area contributed by atoms with Crippen LogP contribution >= 0.6 is 0 Å². The smallest absolute Gasteiger partial charge is 0.135 e. The van der Waals surface area contributed by atoms with Crippen molar-refractivity contribution in [1.29, 1.82) is 0 Å². The van der Waals surface area contributed by atoms with Crippen LogP contribution in [-0.4, -0.2) is 0 Å². The lowest BCUT2D eigenvalue weighted by Gasteiger charge is -2.28. The Bertz CT molecular complexity index is 3470. The highest BCUT2D eigenvalue weighted by atomic mass is 16.3. The van der Waals surface area contributed by atoms with Crippen LogP contribution in [0.4, 0.5) is 17.1 Å². The topological polar surface area (TPSA) is 16.4 Å². The second kappa shape index (κ2) is 15.6. The minimum Gasteiger partial charge on any atom is -0.456 e. The van der Waals surface area contributed by atoms with Gasteiger partial charge in [-0.25, -0.2) is 0 Å². The highest BCUT2D eigenvalue weighted by Gasteiger charge is 2.36. The summed E-state index contributed by atoms with van der Waals surface area (Å²) in [7, 11) is 0. The Hall–Kier alpha value is -8.20. The summed E-state index contributed by atoms with van der Waals surface area (Å²) < 4.78 is 6.17. The predicted molar refractivity (Wildman–Crippen MR) is 273 cm³/mol. The van der Waals surface area contributed by atoms with Gasteiger partial charge < -0.3 is 9.32 Å². The molecule has 1 heterocycles. The summed E-state index contributed by atoms with van der Waals surface area (Å²) in [5.74, 6) is 0. The average molecular weight is 832 g/mol. The Morgan fingerprint density at radius 2 is 0.692 bits per heavy atom. The molecule has 0 saturated carbocycles. The first-order valence-electron chi connectivity index (χ1n) is 22.5. The quantitative estimate of drug-likeness (QED) is 0.152. The Kier molecular flexibility index (Phi) is 9.21. The van der Waals surface area contributed by atoms with Crippen molar-refractivity contribution >= 4 is 39.0 Å². The van der Waals surface area contributed by atoms with E-state index in [9.17, 15) is 0 Å². The molecule has 1 aliphatic rings. The van der Waals surface area contributed by atoms with E-state index < -0.39 is 0 Å². The number of fused-ring (bicyclic) bond motifs is 6. The number of anilines is 3. The average Bonchev–Trinajstić information content (AvgIpc) is 3.85. The molecule has 0 aliphatic heterocycles. The van der Waals surface area contributed by atoms with Crippen LogP contribution in [0.15, 0.2) is 241 Å². The van der Waals surface area contributed by atoms with Crippen molar-refractivity contribution in [3.8, 4) is 66.8 Å². The second-order valence-corrected chi connectivity index (χ2v) is 17.8. The van der Waals surface area contributed by atoms with E-state index in [0.29, 0.717) is 0 Å². The van der Waals surface area contributed by atoms with Crippen molar-refractivity contribution in [2.45, 2.75) is 19.3 Å². The fourth-order valence-corrected chi connectivity index (χ4v) is 10.0. The Labute approximate surface area is 380 Å². The third-order valence-corrected chi connectivity index (χ3v) is 13.5. The van der Waals surface area contributed by atoms with Crippen LogP contribution in [0.5, 0.6) is 0 Å². The minimum absolute atomic E-state index is 0.226. The van der Waals surface area contributed by atoms with E-state index in [1.165, 1.54) is 77.9 Å². The van der Waals surface area contributed by atoms with Crippen LogP contribution in [0.25, 0.3) is 88.7 Å². The first kappa shape index (κ1) is 38.5. The number of hydrogen-bond acceptors (Lipinski definition) is 2. The van der Waals surface area contributed by atoms with E-state index in [0.717, 1.165) is 39.0 Å². The van der Waals surface area contributed by atoms with Crippen molar-refractivity contribution in [2.24, 2.45) is 0 Å². The molecule has 0 amide bonds. The van der Waals surface area contributed by atoms with Gasteiger partial charge in [-0.1, -0.05) is 172 Å². The standard InChI is InChI=1S/C63H45NO/c1-63(2)59-40-48(47-27-35-62-58(39-47)57-20-12-13-21-61(57)65-62)26-33-55(59)56-34-32-54(41-60(56)63)64(52-28-22-45(23-29-52)42-14-6-3-7-15-42)53-30-24-46(25-31-53)51-37-49(43-16-8-4-9-17-43)36-50(38-51)44-18-10-5-11-19-44/h3-41H,1-2H3. The summed E-state index contributed by atoms with van der Waals surface area (Å²) in [5, 5.41) is 2.29. The molecule has 12 rings (SSSR count). The maximum absolute atomic E-state index is 6.17. The van der Waals surface area contributed by atoms with E-state index in [2.05, 4.69) is 243 Å². The molecule has 0 saturated heterocycles. The zero-order valence-corrected chi connectivity index (χ0v) is 36.4. The first-order valence-corrected chi connectivity index (χ1v) is 22.5. The predicted octanol–water partition coefficient (Wildman–Crippen LogP) is 17.7. The van der Waals surface area contributed by atoms with E-state index in [1.807, 2.05) is 12.1 Å². The highest BCUT2D eigenvalue weighted by molar-refractivity contribution is 6.06. The largest absolute Gasteiger partial charge is 0.456 e. The van der Waals surface area contributed by atoms with Gasteiger partial charge in [0, 0.05) is 33.2 Å². The fourth-order valence-electron chi connectivity index (χ4n) is 10.0. The lowest BCUT2D eigenvalue weighted by Crippen LogP contribution is -2.16. The third-order valence-electron chi connectivity index (χ3n) is 13.5. The van der Waals surface area contributed by atoms with Crippen molar-refractivity contribution in [2.75, 3.05) is 4.90 Å². The Morgan fingerprint density at radius 1 is 0.292 bits per heavy atom. The van der Waals surface area contributed by atoms with E-state index >= 15 is 0 Å². The molecular formula is C63H45NO. The van der Waals surface area contributed by atoms with Gasteiger partial charge in [0.1, 0.15) is 11.2 Å². The lowest BCUT2D eigenvalue weighted by atomic mass is 9.81. The molecule has 2 heteroatoms. The molecule has 0 radical (unpaired) electrons. The van der Waals surface area contributed by atoms with Gasteiger partial charge >= 0.3 is 0 Å². The summed E-state index contributed by atoms with van der Waals surface area (Å²) >= 11 is 0. The van der Waals surface area contributed by atoms with Gasteiger partial charge in [-0.2, -0.15) is 0 Å². The summed E-state index contributed by atoms with van der Waals surface area (Å²) in [4.78, 5) is 2.41. The molecule has 0 fully saturated rings. The molecule has 1 aromatic heterocycles. The fraction of sp³-hybridized carbons (Fsp3) is 0.0476. The zero-order chi connectivity index (χ0) is 43.5. The van der Waals surface area contributed by atoms with Crippen molar-refractivity contribution in [1.82, 2.24) is 0 Å². The van der Waals surface area contributed by atoms with Crippen LogP contribution in [0.3, 0.4) is 0 Å². The number of rotatable bonds is 8. The van der Waals surface area contributed by atoms with Crippen molar-refractivity contribution in [3.63, 3.8) is 0 Å². The number of hydrogen-bond donors (Lipinski definition) is 0. The summed E-state index contributed by atoms with van der Waals surface area (Å²) in [6.45, 7) is 4.75. The Morgan fingerprint density at radius 3 is 1.28 bits per heavy atom. The van der Waals surface area contributed by atoms with Gasteiger partial charge in [-0.05, 0) is 157 Å². The molecule has 0 N–H and O–H groups in total. The molecule has 0 atom stereocenters. The van der Waals surface area contributed by atoms with Gasteiger partial charge in [0.15, 0.2) is 0 Å². The van der Waals surface area contributed by atoms with Crippen LogP contribution in [-0.2, 0) is 5.41 Å². The number of nitrogens with zero attached hydrogens (tertiary/aromatic N) is 1. The molecule has 65 heavy (non-hydrogen) atoms. The monoisotopic (exact) mass is 831 g/mol. The molecule has 0 unspecified atom stereocenters. The van der Waals surface area contributed by atoms with Crippen LogP contribution < -0.4 is 4.90 Å². The van der Waals surface area contributed by atoms with Gasteiger partial charge in [-0.15, -0.1) is 0 Å². The lowest BCUT2D eigenvalue weighted by molar-refractivity contribution is 0.660. The van der Waals surface area contributed by atoms with Crippen LogP contribution in [0, 0.1) is 0 Å². The number of benzene rings is 10. The Balaban J connectivity index is 0.935. The first-order chi connectivity index (χ1) is 31.9. The number of furan rings is 1. The van der Waals surface area contributed by atoms with Crippen molar-refractivity contribution < 1.29 is 4.42 Å². The summed E-state index contributed by atoms with van der Waals surface area (Å²) in [5.41, 5.74) is 22.2. The van der Waals surface area contributed by atoms with E-state index in [-0.39, 0.29) is 5.41 Å². The zero-order valence-electron chi connectivity index (χ0n) is 36.4. The normalized spacial score (nSPS) is 12.6. The second-order valence-electron chi connectivity index (χ2n) is 17.8. The summed E-state index contributed by atoms with van der Waals surface area (Å²) in [6, 6.07) is 86.0. The third kappa shape index (κ3) is 6.83. The molecule has 1 aliphatic carbocycles. The molecule has 11 aromatic rings. The maximum atomic E-state index is 6.17. The molecular weight excluding hydrogens is 787 g/mol.